The average Bonchev–Trinajstić information content (AvgIpc) is 3.09. The molecule has 7 nitrogen and oxygen atoms in total. The van der Waals surface area contributed by atoms with Crippen LogP contribution in [-0.2, 0) is 17.8 Å². The zero-order valence-corrected chi connectivity index (χ0v) is 17.0. The maximum Gasteiger partial charge on any atom is 0.241 e. The first-order valence-corrected chi connectivity index (χ1v) is 9.97. The van der Waals surface area contributed by atoms with Crippen LogP contribution in [0.1, 0.15) is 43.5 Å². The lowest BCUT2D eigenvalue weighted by atomic mass is 9.97. The van der Waals surface area contributed by atoms with E-state index in [1.165, 1.54) is 23.1 Å². The van der Waals surface area contributed by atoms with Gasteiger partial charge in [0.15, 0.2) is 5.82 Å². The van der Waals surface area contributed by atoms with E-state index in [1.54, 1.807) is 7.11 Å². The van der Waals surface area contributed by atoms with Crippen LogP contribution in [0.4, 0.5) is 0 Å². The summed E-state index contributed by atoms with van der Waals surface area (Å²) in [6, 6.07) is 5.77. The number of hydrogen-bond donors (Lipinski definition) is 1. The standard InChI is InChI=1S/C19H24BrN5O2/c1-27-17-8-7-16(20)11-15(17)12-18-22-23-24-25(18)13-19(26)21-10-9-14-5-3-2-4-6-14/h5,7-8,11H,2-4,6,9-10,12-13H2,1H3,(H,21,26). The maximum absolute atomic E-state index is 12.3. The summed E-state index contributed by atoms with van der Waals surface area (Å²) < 4.78 is 7.89. The van der Waals surface area contributed by atoms with Gasteiger partial charge in [0.2, 0.25) is 5.91 Å². The Balaban J connectivity index is 1.56. The van der Waals surface area contributed by atoms with Gasteiger partial charge in [-0.2, -0.15) is 0 Å². The lowest BCUT2D eigenvalue weighted by Crippen LogP contribution is -2.29. The molecule has 1 N–H and O–H groups in total. The summed E-state index contributed by atoms with van der Waals surface area (Å²) in [5.74, 6) is 1.30. The molecule has 3 rings (SSSR count). The van der Waals surface area contributed by atoms with Crippen molar-refractivity contribution in [3.63, 3.8) is 0 Å². The lowest BCUT2D eigenvalue weighted by Gasteiger charge is -2.13. The van der Waals surface area contributed by atoms with E-state index in [9.17, 15) is 4.79 Å². The third-order valence-corrected chi connectivity index (χ3v) is 5.14. The highest BCUT2D eigenvalue weighted by Crippen LogP contribution is 2.24. The Morgan fingerprint density at radius 1 is 1.37 bits per heavy atom. The van der Waals surface area contributed by atoms with Gasteiger partial charge in [0.05, 0.1) is 7.11 Å². The first-order valence-electron chi connectivity index (χ1n) is 9.18. The van der Waals surface area contributed by atoms with E-state index >= 15 is 0 Å². The molecular formula is C19H24BrN5O2. The molecule has 8 heteroatoms. The van der Waals surface area contributed by atoms with Crippen LogP contribution < -0.4 is 10.1 Å². The van der Waals surface area contributed by atoms with Crippen molar-refractivity contribution in [2.75, 3.05) is 13.7 Å². The highest BCUT2D eigenvalue weighted by atomic mass is 79.9. The molecule has 1 aromatic heterocycles. The van der Waals surface area contributed by atoms with Crippen LogP contribution in [0, 0.1) is 0 Å². The third kappa shape index (κ3) is 5.63. The van der Waals surface area contributed by atoms with E-state index < -0.39 is 0 Å². The Morgan fingerprint density at radius 3 is 3.04 bits per heavy atom. The number of rotatable bonds is 8. The molecule has 1 amide bonds. The Bertz CT molecular complexity index is 818. The minimum atomic E-state index is -0.0823. The number of aromatic nitrogens is 4. The molecule has 0 fully saturated rings. The predicted octanol–water partition coefficient (Wildman–Crippen LogP) is 3.04. The number of halogens is 1. The van der Waals surface area contributed by atoms with Crippen LogP contribution in [0.25, 0.3) is 0 Å². The molecule has 1 aliphatic rings. The van der Waals surface area contributed by atoms with Crippen LogP contribution in [0.3, 0.4) is 0 Å². The third-order valence-electron chi connectivity index (χ3n) is 4.64. The molecule has 0 aliphatic heterocycles. The van der Waals surface area contributed by atoms with Gasteiger partial charge in [-0.25, -0.2) is 4.68 Å². The summed E-state index contributed by atoms with van der Waals surface area (Å²) in [4.78, 5) is 12.3. The van der Waals surface area contributed by atoms with Crippen molar-refractivity contribution in [2.45, 2.75) is 45.1 Å². The zero-order valence-electron chi connectivity index (χ0n) is 15.4. The molecule has 1 aromatic carbocycles. The second-order valence-corrected chi connectivity index (χ2v) is 7.51. The molecular weight excluding hydrogens is 410 g/mol. The van der Waals surface area contributed by atoms with Gasteiger partial charge in [-0.1, -0.05) is 27.6 Å². The van der Waals surface area contributed by atoms with Gasteiger partial charge in [-0.05, 0) is 60.7 Å². The van der Waals surface area contributed by atoms with Gasteiger partial charge in [0.25, 0.3) is 0 Å². The van der Waals surface area contributed by atoms with Crippen molar-refractivity contribution >= 4 is 21.8 Å². The van der Waals surface area contributed by atoms with Crippen LogP contribution in [0.15, 0.2) is 34.3 Å². The van der Waals surface area contributed by atoms with Crippen molar-refractivity contribution < 1.29 is 9.53 Å². The smallest absolute Gasteiger partial charge is 0.241 e. The van der Waals surface area contributed by atoms with E-state index in [0.717, 1.165) is 35.0 Å². The summed E-state index contributed by atoms with van der Waals surface area (Å²) in [6.45, 7) is 0.763. The molecule has 1 heterocycles. The number of amides is 1. The minimum Gasteiger partial charge on any atom is -0.496 e. The molecule has 0 atom stereocenters. The van der Waals surface area contributed by atoms with Crippen LogP contribution >= 0.6 is 15.9 Å². The van der Waals surface area contributed by atoms with E-state index in [0.29, 0.717) is 18.8 Å². The fourth-order valence-electron chi connectivity index (χ4n) is 3.21. The van der Waals surface area contributed by atoms with E-state index in [-0.39, 0.29) is 12.5 Å². The second-order valence-electron chi connectivity index (χ2n) is 6.59. The Morgan fingerprint density at radius 2 is 2.26 bits per heavy atom. The quantitative estimate of drug-likeness (QED) is 0.646. The number of carbonyl (C=O) groups excluding carboxylic acids is 1. The molecule has 1 aliphatic carbocycles. The number of nitrogens with zero attached hydrogens (tertiary/aromatic N) is 4. The minimum absolute atomic E-state index is 0.0823. The Kier molecular flexibility index (Phi) is 6.98. The fourth-order valence-corrected chi connectivity index (χ4v) is 3.62. The van der Waals surface area contributed by atoms with Gasteiger partial charge >= 0.3 is 0 Å². The fraction of sp³-hybridized carbons (Fsp3) is 0.474. The zero-order chi connectivity index (χ0) is 19.1. The lowest BCUT2D eigenvalue weighted by molar-refractivity contribution is -0.121. The molecule has 0 bridgehead atoms. The number of methoxy groups -OCH3 is 1. The van der Waals surface area contributed by atoms with Gasteiger partial charge in [-0.15, -0.1) is 5.10 Å². The molecule has 2 aromatic rings. The average molecular weight is 434 g/mol. The SMILES string of the molecule is COc1ccc(Br)cc1Cc1nnnn1CC(=O)NCCC1=CCCCC1. The van der Waals surface area contributed by atoms with Crippen molar-refractivity contribution in [3.8, 4) is 5.75 Å². The second kappa shape index (κ2) is 9.64. The van der Waals surface area contributed by atoms with Gasteiger partial charge in [0, 0.05) is 23.0 Å². The summed E-state index contributed by atoms with van der Waals surface area (Å²) in [5, 5.41) is 14.7. The Labute approximate surface area is 167 Å². The number of carbonyl (C=O) groups is 1. The van der Waals surface area contributed by atoms with Gasteiger partial charge in [0.1, 0.15) is 12.3 Å². The van der Waals surface area contributed by atoms with Crippen LogP contribution in [0.2, 0.25) is 0 Å². The molecule has 0 saturated carbocycles. The number of nitrogens with one attached hydrogen (secondary N) is 1. The van der Waals surface area contributed by atoms with Gasteiger partial charge < -0.3 is 10.1 Å². The predicted molar refractivity (Wildman–Crippen MR) is 105 cm³/mol. The van der Waals surface area contributed by atoms with Crippen molar-refractivity contribution in [1.29, 1.82) is 0 Å². The first kappa shape index (κ1) is 19.5. The highest BCUT2D eigenvalue weighted by Gasteiger charge is 2.14. The molecule has 0 radical (unpaired) electrons. The van der Waals surface area contributed by atoms with Crippen molar-refractivity contribution in [2.24, 2.45) is 0 Å². The van der Waals surface area contributed by atoms with E-state index in [1.807, 2.05) is 18.2 Å². The van der Waals surface area contributed by atoms with E-state index in [2.05, 4.69) is 42.8 Å². The first-order chi connectivity index (χ1) is 13.2. The molecule has 0 saturated heterocycles. The maximum atomic E-state index is 12.3. The summed E-state index contributed by atoms with van der Waals surface area (Å²) in [7, 11) is 1.63. The topological polar surface area (TPSA) is 81.9 Å². The number of ether oxygens (including phenoxy) is 1. The van der Waals surface area contributed by atoms with Crippen LogP contribution in [0.5, 0.6) is 5.75 Å². The molecule has 144 valence electrons. The number of hydrogen-bond acceptors (Lipinski definition) is 5. The molecule has 27 heavy (non-hydrogen) atoms. The highest BCUT2D eigenvalue weighted by molar-refractivity contribution is 9.10. The largest absolute Gasteiger partial charge is 0.496 e. The summed E-state index contributed by atoms with van der Waals surface area (Å²) in [5.41, 5.74) is 2.40. The normalized spacial score (nSPS) is 13.9. The summed E-state index contributed by atoms with van der Waals surface area (Å²) in [6.07, 6.45) is 8.56. The monoisotopic (exact) mass is 433 g/mol. The van der Waals surface area contributed by atoms with E-state index in [4.69, 9.17) is 4.74 Å². The number of benzene rings is 1. The Hall–Kier alpha value is -2.22. The number of tetrazole rings is 1. The van der Waals surface area contributed by atoms with Crippen LogP contribution in [-0.4, -0.2) is 39.8 Å². The van der Waals surface area contributed by atoms with Crippen molar-refractivity contribution in [3.05, 3.63) is 45.7 Å². The molecule has 0 unspecified atom stereocenters. The number of allylic oxidation sites excluding steroid dienone is 1. The summed E-state index contributed by atoms with van der Waals surface area (Å²) >= 11 is 3.47. The van der Waals surface area contributed by atoms with Gasteiger partial charge in [-0.3, -0.25) is 4.79 Å². The molecule has 0 spiro atoms. The van der Waals surface area contributed by atoms with Crippen molar-refractivity contribution in [1.82, 2.24) is 25.5 Å².